The number of carbonyl (C=O) groups excluding carboxylic acids is 1. The van der Waals surface area contributed by atoms with Crippen molar-refractivity contribution in [3.63, 3.8) is 0 Å². The Morgan fingerprint density at radius 3 is 2.85 bits per heavy atom. The number of nitrogens with one attached hydrogen (secondary N) is 1. The summed E-state index contributed by atoms with van der Waals surface area (Å²) < 4.78 is 0. The van der Waals surface area contributed by atoms with Crippen molar-refractivity contribution in [1.82, 2.24) is 9.97 Å². The molecule has 1 atom stereocenters. The Balaban J connectivity index is 2.05. The standard InChI is InChI=1S/C15H14N2O3/c18-13(19)5-6-15(12-8-16-9-17-12)7-10-3-1-2-4-11(10)14(15)20/h1-4,8-9H,5-7H2,(H,16,17)(H,18,19). The van der Waals surface area contributed by atoms with Gasteiger partial charge < -0.3 is 10.1 Å². The largest absolute Gasteiger partial charge is 0.481 e. The Bertz CT molecular complexity index is 664. The van der Waals surface area contributed by atoms with Crippen LogP contribution in [0.5, 0.6) is 0 Å². The van der Waals surface area contributed by atoms with Gasteiger partial charge in [0.2, 0.25) is 0 Å². The molecule has 1 aliphatic carbocycles. The molecule has 0 bridgehead atoms. The number of fused-ring (bicyclic) bond motifs is 1. The maximum absolute atomic E-state index is 12.8. The Hall–Kier alpha value is -2.43. The molecule has 5 heteroatoms. The molecule has 0 fully saturated rings. The first-order valence-corrected chi connectivity index (χ1v) is 6.47. The van der Waals surface area contributed by atoms with Crippen LogP contribution >= 0.6 is 0 Å². The number of H-pyrrole nitrogens is 1. The van der Waals surface area contributed by atoms with Gasteiger partial charge in [-0.3, -0.25) is 9.59 Å². The fourth-order valence-corrected chi connectivity index (χ4v) is 2.95. The van der Waals surface area contributed by atoms with Gasteiger partial charge in [0.05, 0.1) is 11.7 Å². The Morgan fingerprint density at radius 1 is 1.40 bits per heavy atom. The third-order valence-electron chi connectivity index (χ3n) is 3.97. The van der Waals surface area contributed by atoms with E-state index < -0.39 is 11.4 Å². The zero-order valence-corrected chi connectivity index (χ0v) is 10.8. The predicted octanol–water partition coefficient (Wildman–Crippen LogP) is 1.95. The molecule has 3 rings (SSSR count). The molecule has 1 aromatic carbocycles. The number of nitrogens with zero attached hydrogens (tertiary/aromatic N) is 1. The maximum Gasteiger partial charge on any atom is 0.303 e. The molecule has 0 saturated heterocycles. The summed E-state index contributed by atoms with van der Waals surface area (Å²) >= 11 is 0. The van der Waals surface area contributed by atoms with Crippen LogP contribution in [0.4, 0.5) is 0 Å². The minimum Gasteiger partial charge on any atom is -0.481 e. The number of imidazole rings is 1. The van der Waals surface area contributed by atoms with Crippen molar-refractivity contribution >= 4 is 11.8 Å². The van der Waals surface area contributed by atoms with E-state index in [0.29, 0.717) is 17.7 Å². The molecule has 2 aromatic rings. The molecule has 0 amide bonds. The van der Waals surface area contributed by atoms with E-state index in [1.807, 2.05) is 18.2 Å². The van der Waals surface area contributed by atoms with Crippen molar-refractivity contribution in [2.24, 2.45) is 0 Å². The fourth-order valence-electron chi connectivity index (χ4n) is 2.95. The van der Waals surface area contributed by atoms with Crippen molar-refractivity contribution in [2.75, 3.05) is 0 Å². The summed E-state index contributed by atoms with van der Waals surface area (Å²) in [5, 5.41) is 8.95. The van der Waals surface area contributed by atoms with Crippen LogP contribution in [0.3, 0.4) is 0 Å². The number of carbonyl (C=O) groups is 2. The highest BCUT2D eigenvalue weighted by Gasteiger charge is 2.47. The van der Waals surface area contributed by atoms with Crippen LogP contribution in [0.25, 0.3) is 0 Å². The average molecular weight is 270 g/mol. The molecular formula is C15H14N2O3. The normalized spacial score (nSPS) is 20.9. The first-order valence-electron chi connectivity index (χ1n) is 6.47. The van der Waals surface area contributed by atoms with E-state index in [2.05, 4.69) is 9.97 Å². The number of aromatic nitrogens is 2. The van der Waals surface area contributed by atoms with Crippen molar-refractivity contribution in [3.8, 4) is 0 Å². The van der Waals surface area contributed by atoms with Crippen molar-refractivity contribution < 1.29 is 14.7 Å². The number of aliphatic carboxylic acids is 1. The number of hydrogen-bond acceptors (Lipinski definition) is 3. The van der Waals surface area contributed by atoms with Gasteiger partial charge in [0.1, 0.15) is 0 Å². The minimum absolute atomic E-state index is 0.0152. The van der Waals surface area contributed by atoms with Gasteiger partial charge >= 0.3 is 5.97 Å². The SMILES string of the molecule is O=C(O)CCC1(c2cnc[nH]2)Cc2ccccc2C1=O. The number of carboxylic acid groups (broad SMARTS) is 1. The molecule has 1 aliphatic rings. The number of hydrogen-bond donors (Lipinski definition) is 2. The highest BCUT2D eigenvalue weighted by Crippen LogP contribution is 2.42. The van der Waals surface area contributed by atoms with Gasteiger partial charge in [0.25, 0.3) is 0 Å². The number of aromatic amines is 1. The van der Waals surface area contributed by atoms with E-state index >= 15 is 0 Å². The molecule has 0 saturated carbocycles. The predicted molar refractivity (Wildman–Crippen MR) is 71.6 cm³/mol. The Kier molecular flexibility index (Phi) is 2.89. The summed E-state index contributed by atoms with van der Waals surface area (Å²) in [6.07, 6.45) is 3.90. The molecule has 102 valence electrons. The smallest absolute Gasteiger partial charge is 0.303 e. The molecule has 1 aromatic heterocycles. The summed E-state index contributed by atoms with van der Waals surface area (Å²) in [6.45, 7) is 0. The molecule has 1 unspecified atom stereocenters. The molecular weight excluding hydrogens is 256 g/mol. The van der Waals surface area contributed by atoms with Gasteiger partial charge in [-0.2, -0.15) is 0 Å². The lowest BCUT2D eigenvalue weighted by Gasteiger charge is -2.25. The second-order valence-electron chi connectivity index (χ2n) is 5.10. The molecule has 0 radical (unpaired) electrons. The van der Waals surface area contributed by atoms with Crippen LogP contribution < -0.4 is 0 Å². The van der Waals surface area contributed by atoms with Gasteiger partial charge in [-0.25, -0.2) is 4.98 Å². The Labute approximate surface area is 115 Å². The van der Waals surface area contributed by atoms with Gasteiger partial charge in [-0.15, -0.1) is 0 Å². The van der Waals surface area contributed by atoms with Crippen LogP contribution in [0.2, 0.25) is 0 Å². The third kappa shape index (κ3) is 1.82. The zero-order valence-electron chi connectivity index (χ0n) is 10.8. The molecule has 2 N–H and O–H groups in total. The lowest BCUT2D eigenvalue weighted by molar-refractivity contribution is -0.137. The van der Waals surface area contributed by atoms with Gasteiger partial charge in [-0.1, -0.05) is 24.3 Å². The topological polar surface area (TPSA) is 83.0 Å². The van der Waals surface area contributed by atoms with Crippen LogP contribution in [-0.2, 0) is 16.6 Å². The van der Waals surface area contributed by atoms with Crippen LogP contribution in [0.1, 0.15) is 34.5 Å². The van der Waals surface area contributed by atoms with Crippen molar-refractivity contribution in [3.05, 3.63) is 53.6 Å². The maximum atomic E-state index is 12.8. The number of benzene rings is 1. The first-order chi connectivity index (χ1) is 9.63. The summed E-state index contributed by atoms with van der Waals surface area (Å²) in [6, 6.07) is 7.45. The fraction of sp³-hybridized carbons (Fsp3) is 0.267. The quantitative estimate of drug-likeness (QED) is 0.889. The lowest BCUT2D eigenvalue weighted by Crippen LogP contribution is -2.34. The second-order valence-corrected chi connectivity index (χ2v) is 5.10. The van der Waals surface area contributed by atoms with E-state index in [1.165, 1.54) is 6.33 Å². The monoisotopic (exact) mass is 270 g/mol. The number of carboxylic acids is 1. The average Bonchev–Trinajstić information content (AvgIpc) is 3.05. The summed E-state index contributed by atoms with van der Waals surface area (Å²) in [7, 11) is 0. The minimum atomic E-state index is -0.896. The Morgan fingerprint density at radius 2 is 2.20 bits per heavy atom. The van der Waals surface area contributed by atoms with Crippen LogP contribution in [0.15, 0.2) is 36.8 Å². The highest BCUT2D eigenvalue weighted by molar-refractivity contribution is 6.08. The molecule has 0 aliphatic heterocycles. The molecule has 5 nitrogen and oxygen atoms in total. The van der Waals surface area contributed by atoms with Gasteiger partial charge in [-0.05, 0) is 18.4 Å². The molecule has 20 heavy (non-hydrogen) atoms. The first kappa shape index (κ1) is 12.6. The van der Waals surface area contributed by atoms with Crippen LogP contribution in [0, 0.1) is 0 Å². The van der Waals surface area contributed by atoms with E-state index in [-0.39, 0.29) is 18.6 Å². The summed E-state index contributed by atoms with van der Waals surface area (Å²) in [4.78, 5) is 30.7. The molecule has 1 heterocycles. The number of rotatable bonds is 4. The zero-order chi connectivity index (χ0) is 14.2. The highest BCUT2D eigenvalue weighted by atomic mass is 16.4. The van der Waals surface area contributed by atoms with Crippen molar-refractivity contribution in [2.45, 2.75) is 24.7 Å². The summed E-state index contributed by atoms with van der Waals surface area (Å²) in [5.41, 5.74) is 1.53. The third-order valence-corrected chi connectivity index (χ3v) is 3.97. The van der Waals surface area contributed by atoms with E-state index in [1.54, 1.807) is 12.3 Å². The van der Waals surface area contributed by atoms with Gasteiger partial charge in [0.15, 0.2) is 5.78 Å². The van der Waals surface area contributed by atoms with Crippen molar-refractivity contribution in [1.29, 1.82) is 0 Å². The molecule has 0 spiro atoms. The lowest BCUT2D eigenvalue weighted by atomic mass is 9.76. The van der Waals surface area contributed by atoms with Crippen LogP contribution in [-0.4, -0.2) is 26.8 Å². The van der Waals surface area contributed by atoms with E-state index in [9.17, 15) is 9.59 Å². The van der Waals surface area contributed by atoms with Gasteiger partial charge in [0, 0.05) is 23.9 Å². The second kappa shape index (κ2) is 4.59. The number of Topliss-reactive ketones (excluding diaryl/α,β-unsaturated/α-hetero) is 1. The van der Waals surface area contributed by atoms with E-state index in [0.717, 1.165) is 5.56 Å². The number of ketones is 1. The van der Waals surface area contributed by atoms with E-state index in [4.69, 9.17) is 5.11 Å². The summed E-state index contributed by atoms with van der Waals surface area (Å²) in [5.74, 6) is -0.911.